The summed E-state index contributed by atoms with van der Waals surface area (Å²) in [5.41, 5.74) is 3.67. The molecule has 1 heteroatoms. The van der Waals surface area contributed by atoms with E-state index in [2.05, 4.69) is 44.7 Å². The van der Waals surface area contributed by atoms with Crippen LogP contribution in [0.5, 0.6) is 5.75 Å². The van der Waals surface area contributed by atoms with Crippen molar-refractivity contribution < 1.29 is 4.74 Å². The first kappa shape index (κ1) is 10.2. The van der Waals surface area contributed by atoms with E-state index in [9.17, 15) is 0 Å². The summed E-state index contributed by atoms with van der Waals surface area (Å²) < 4.78 is 5.80. The largest absolute Gasteiger partial charge is 0.457 e. The second-order valence-corrected chi connectivity index (χ2v) is 4.51. The number of fused-ring (bicyclic) bond motifs is 3. The van der Waals surface area contributed by atoms with Crippen LogP contribution in [0.4, 0.5) is 0 Å². The van der Waals surface area contributed by atoms with Gasteiger partial charge in [-0.3, -0.25) is 0 Å². The molecule has 84 valence electrons. The fourth-order valence-corrected chi connectivity index (χ4v) is 2.41. The fraction of sp³-hybridized carbons (Fsp3) is 0.125. The fourth-order valence-electron chi connectivity index (χ4n) is 2.41. The normalized spacial score (nSPS) is 14.2. The van der Waals surface area contributed by atoms with Gasteiger partial charge in [-0.15, -0.1) is 0 Å². The van der Waals surface area contributed by atoms with Crippen molar-refractivity contribution in [1.29, 1.82) is 0 Å². The molecule has 1 aliphatic heterocycles. The molecule has 17 heavy (non-hydrogen) atoms. The smallest absolute Gasteiger partial charge is 0.142 e. The van der Waals surface area contributed by atoms with Gasteiger partial charge in [-0.1, -0.05) is 30.8 Å². The number of allylic oxidation sites excluding steroid dienone is 2. The maximum atomic E-state index is 5.80. The lowest BCUT2D eigenvalue weighted by molar-refractivity contribution is 0.446. The average molecular weight is 222 g/mol. The molecule has 0 radical (unpaired) electrons. The number of benzene rings is 2. The van der Waals surface area contributed by atoms with Gasteiger partial charge in [0.15, 0.2) is 0 Å². The van der Waals surface area contributed by atoms with Crippen LogP contribution in [0.2, 0.25) is 0 Å². The monoisotopic (exact) mass is 222 g/mol. The highest BCUT2D eigenvalue weighted by molar-refractivity contribution is 5.96. The maximum absolute atomic E-state index is 5.80. The van der Waals surface area contributed by atoms with E-state index in [1.165, 1.54) is 22.1 Å². The van der Waals surface area contributed by atoms with Crippen LogP contribution in [0, 0.1) is 6.92 Å². The van der Waals surface area contributed by atoms with Gasteiger partial charge < -0.3 is 4.74 Å². The van der Waals surface area contributed by atoms with E-state index in [1.807, 2.05) is 12.1 Å². The summed E-state index contributed by atoms with van der Waals surface area (Å²) in [6.45, 7) is 8.13. The topological polar surface area (TPSA) is 9.23 Å². The molecule has 0 aromatic heterocycles. The number of hydrogen-bond donors (Lipinski definition) is 0. The summed E-state index contributed by atoms with van der Waals surface area (Å²) in [5.74, 6) is 1.65. The Kier molecular flexibility index (Phi) is 2.08. The summed E-state index contributed by atoms with van der Waals surface area (Å²) >= 11 is 0. The Morgan fingerprint density at radius 2 is 1.76 bits per heavy atom. The molecule has 1 heterocycles. The number of rotatable bonds is 0. The van der Waals surface area contributed by atoms with Gasteiger partial charge in [-0.2, -0.15) is 0 Å². The maximum Gasteiger partial charge on any atom is 0.142 e. The zero-order valence-electron chi connectivity index (χ0n) is 10.1. The second-order valence-electron chi connectivity index (χ2n) is 4.51. The van der Waals surface area contributed by atoms with Crippen molar-refractivity contribution in [3.63, 3.8) is 0 Å². The van der Waals surface area contributed by atoms with Crippen molar-refractivity contribution in [3.05, 3.63) is 59.9 Å². The molecule has 0 spiro atoms. The van der Waals surface area contributed by atoms with Crippen LogP contribution in [0.1, 0.15) is 18.1 Å². The van der Waals surface area contributed by atoms with Gasteiger partial charge in [0.05, 0.1) is 0 Å². The van der Waals surface area contributed by atoms with Gasteiger partial charge in [0.1, 0.15) is 11.5 Å². The van der Waals surface area contributed by atoms with Crippen LogP contribution in [0.25, 0.3) is 16.3 Å². The SMILES string of the molecule is C=C1C=C(C)c2cc(C)c3ccccc3c2O1. The first-order valence-corrected chi connectivity index (χ1v) is 5.74. The van der Waals surface area contributed by atoms with E-state index in [-0.39, 0.29) is 0 Å². The summed E-state index contributed by atoms with van der Waals surface area (Å²) in [6.07, 6.45) is 1.98. The number of ether oxygens (including phenoxy) is 1. The molecule has 0 saturated heterocycles. The summed E-state index contributed by atoms with van der Waals surface area (Å²) in [5, 5.41) is 2.41. The third-order valence-corrected chi connectivity index (χ3v) is 3.24. The molecule has 1 aliphatic rings. The zero-order valence-corrected chi connectivity index (χ0v) is 10.1. The van der Waals surface area contributed by atoms with Crippen LogP contribution in [-0.2, 0) is 0 Å². The molecule has 2 aromatic rings. The third kappa shape index (κ3) is 1.47. The summed E-state index contributed by atoms with van der Waals surface area (Å²) in [6, 6.07) is 10.5. The molecule has 0 unspecified atom stereocenters. The molecule has 0 fully saturated rings. The van der Waals surface area contributed by atoms with Gasteiger partial charge in [0.2, 0.25) is 0 Å². The second kappa shape index (κ2) is 3.49. The molecule has 0 amide bonds. The molecule has 3 rings (SSSR count). The quantitative estimate of drug-likeness (QED) is 0.639. The molecule has 1 nitrogen and oxygen atoms in total. The Morgan fingerprint density at radius 3 is 2.53 bits per heavy atom. The highest BCUT2D eigenvalue weighted by Crippen LogP contribution is 2.40. The number of aryl methyl sites for hydroxylation is 1. The van der Waals surface area contributed by atoms with Crippen molar-refractivity contribution in [2.24, 2.45) is 0 Å². The van der Waals surface area contributed by atoms with Crippen LogP contribution in [0.15, 0.2) is 48.7 Å². The van der Waals surface area contributed by atoms with Crippen molar-refractivity contribution in [2.45, 2.75) is 13.8 Å². The van der Waals surface area contributed by atoms with Crippen molar-refractivity contribution in [3.8, 4) is 5.75 Å². The Labute approximate surface area is 101 Å². The Morgan fingerprint density at radius 1 is 1.06 bits per heavy atom. The Hall–Kier alpha value is -2.02. The molecule has 2 aromatic carbocycles. The van der Waals surface area contributed by atoms with E-state index >= 15 is 0 Å². The minimum atomic E-state index is 0.712. The minimum Gasteiger partial charge on any atom is -0.457 e. The molecule has 0 saturated carbocycles. The highest BCUT2D eigenvalue weighted by atomic mass is 16.5. The van der Waals surface area contributed by atoms with Crippen LogP contribution in [0.3, 0.4) is 0 Å². The molecule has 0 bridgehead atoms. The lowest BCUT2D eigenvalue weighted by Crippen LogP contribution is -2.02. The molecular weight excluding hydrogens is 208 g/mol. The predicted octanol–water partition coefficient (Wildman–Crippen LogP) is 4.46. The van der Waals surface area contributed by atoms with Crippen molar-refractivity contribution in [1.82, 2.24) is 0 Å². The molecule has 0 atom stereocenters. The number of hydrogen-bond acceptors (Lipinski definition) is 1. The highest BCUT2D eigenvalue weighted by Gasteiger charge is 2.17. The standard InChI is InChI=1S/C16H14O/c1-10-8-12(3)17-16-14-7-5-4-6-13(14)11(2)9-15(10)16/h4-9H,3H2,1-2H3. The molecular formula is C16H14O. The van der Waals surface area contributed by atoms with Crippen LogP contribution >= 0.6 is 0 Å². The van der Waals surface area contributed by atoms with Gasteiger partial charge in [-0.05, 0) is 42.5 Å². The lowest BCUT2D eigenvalue weighted by atomic mass is 9.95. The first-order valence-electron chi connectivity index (χ1n) is 5.74. The first-order chi connectivity index (χ1) is 8.16. The molecule has 0 aliphatic carbocycles. The zero-order chi connectivity index (χ0) is 12.0. The van der Waals surface area contributed by atoms with E-state index in [1.54, 1.807) is 0 Å². The minimum absolute atomic E-state index is 0.712. The predicted molar refractivity (Wildman–Crippen MR) is 72.1 cm³/mol. The lowest BCUT2D eigenvalue weighted by Gasteiger charge is -2.20. The van der Waals surface area contributed by atoms with Gasteiger partial charge in [-0.25, -0.2) is 0 Å². The summed E-state index contributed by atoms with van der Waals surface area (Å²) in [7, 11) is 0. The average Bonchev–Trinajstić information content (AvgIpc) is 2.31. The Bertz CT molecular complexity index is 663. The van der Waals surface area contributed by atoms with E-state index in [0.717, 1.165) is 11.1 Å². The van der Waals surface area contributed by atoms with Crippen LogP contribution < -0.4 is 4.74 Å². The Balaban J connectivity index is 2.45. The van der Waals surface area contributed by atoms with Gasteiger partial charge in [0, 0.05) is 10.9 Å². The summed E-state index contributed by atoms with van der Waals surface area (Å²) in [4.78, 5) is 0. The third-order valence-electron chi connectivity index (χ3n) is 3.24. The van der Waals surface area contributed by atoms with Crippen molar-refractivity contribution in [2.75, 3.05) is 0 Å². The van der Waals surface area contributed by atoms with E-state index in [0.29, 0.717) is 5.76 Å². The van der Waals surface area contributed by atoms with Crippen molar-refractivity contribution >= 4 is 16.3 Å². The van der Waals surface area contributed by atoms with E-state index < -0.39 is 0 Å². The van der Waals surface area contributed by atoms with Crippen LogP contribution in [-0.4, -0.2) is 0 Å². The van der Waals surface area contributed by atoms with Gasteiger partial charge >= 0.3 is 0 Å². The van der Waals surface area contributed by atoms with E-state index in [4.69, 9.17) is 4.74 Å². The van der Waals surface area contributed by atoms with Gasteiger partial charge in [0.25, 0.3) is 0 Å². The molecule has 0 N–H and O–H groups in total.